The third-order valence-corrected chi connectivity index (χ3v) is 4.32. The predicted octanol–water partition coefficient (Wildman–Crippen LogP) is 4.04. The lowest BCUT2D eigenvalue weighted by atomic mass is 9.87. The summed E-state index contributed by atoms with van der Waals surface area (Å²) in [6.45, 7) is 4.15. The van der Waals surface area contributed by atoms with Crippen LogP contribution in [-0.2, 0) is 5.54 Å². The molecule has 0 amide bonds. The highest BCUT2D eigenvalue weighted by Gasteiger charge is 2.26. The first-order valence-electron chi connectivity index (χ1n) is 5.11. The molecule has 0 aliphatic carbocycles. The summed E-state index contributed by atoms with van der Waals surface area (Å²) < 4.78 is 1.06. The molecule has 2 rings (SSSR count). The van der Waals surface area contributed by atoms with Gasteiger partial charge in [0.15, 0.2) is 0 Å². The van der Waals surface area contributed by atoms with Crippen molar-refractivity contribution in [3.63, 3.8) is 0 Å². The fourth-order valence-electron chi connectivity index (χ4n) is 1.75. The number of rotatable bonds is 2. The van der Waals surface area contributed by atoms with Gasteiger partial charge in [0, 0.05) is 9.35 Å². The van der Waals surface area contributed by atoms with Crippen molar-refractivity contribution in [1.29, 1.82) is 0 Å². The number of hydrogen-bond acceptors (Lipinski definition) is 2. The van der Waals surface area contributed by atoms with E-state index in [1.165, 1.54) is 10.4 Å². The highest BCUT2D eigenvalue weighted by Crippen LogP contribution is 2.33. The molecule has 16 heavy (non-hydrogen) atoms. The van der Waals surface area contributed by atoms with Gasteiger partial charge in [-0.2, -0.15) is 0 Å². The van der Waals surface area contributed by atoms with Crippen molar-refractivity contribution in [3.8, 4) is 0 Å². The lowest BCUT2D eigenvalue weighted by molar-refractivity contribution is 0.602. The maximum Gasteiger partial charge on any atom is 0.0656 e. The molecular weight excluding hydrogens is 282 g/mol. The van der Waals surface area contributed by atoms with Crippen LogP contribution >= 0.6 is 27.3 Å². The van der Waals surface area contributed by atoms with E-state index < -0.39 is 5.54 Å². The van der Waals surface area contributed by atoms with E-state index in [9.17, 15) is 0 Å². The number of hydrogen-bond donors (Lipinski definition) is 1. The molecule has 1 unspecified atom stereocenters. The normalized spacial score (nSPS) is 14.8. The second kappa shape index (κ2) is 4.32. The quantitative estimate of drug-likeness (QED) is 0.889. The van der Waals surface area contributed by atoms with E-state index in [2.05, 4.69) is 47.3 Å². The van der Waals surface area contributed by atoms with Crippen LogP contribution in [0.1, 0.15) is 22.9 Å². The van der Waals surface area contributed by atoms with Gasteiger partial charge in [-0.25, -0.2) is 0 Å². The Bertz CT molecular complexity index is 502. The van der Waals surface area contributed by atoms with Crippen molar-refractivity contribution in [2.45, 2.75) is 19.4 Å². The summed E-state index contributed by atoms with van der Waals surface area (Å²) in [4.78, 5) is 1.29. The number of benzene rings is 1. The molecule has 2 aromatic rings. The SMILES string of the molecule is Cc1cc(C(C)(N)c2ccccc2Br)cs1. The molecule has 0 radical (unpaired) electrons. The summed E-state index contributed by atoms with van der Waals surface area (Å²) in [5.74, 6) is 0. The van der Waals surface area contributed by atoms with Gasteiger partial charge in [-0.1, -0.05) is 34.1 Å². The maximum atomic E-state index is 6.45. The van der Waals surface area contributed by atoms with Crippen LogP contribution in [-0.4, -0.2) is 0 Å². The third-order valence-electron chi connectivity index (χ3n) is 2.76. The van der Waals surface area contributed by atoms with Crippen molar-refractivity contribution in [2.24, 2.45) is 5.73 Å². The number of aryl methyl sites for hydroxylation is 1. The monoisotopic (exact) mass is 295 g/mol. The Morgan fingerprint density at radius 1 is 1.31 bits per heavy atom. The molecular formula is C13H14BrNS. The second-order valence-corrected chi connectivity index (χ2v) is 6.10. The molecule has 0 aliphatic heterocycles. The highest BCUT2D eigenvalue weighted by molar-refractivity contribution is 9.10. The molecule has 1 nitrogen and oxygen atoms in total. The van der Waals surface area contributed by atoms with Crippen LogP contribution < -0.4 is 5.73 Å². The number of nitrogens with two attached hydrogens (primary N) is 1. The van der Waals surface area contributed by atoms with Crippen LogP contribution in [0.15, 0.2) is 40.2 Å². The first kappa shape index (κ1) is 11.8. The molecule has 3 heteroatoms. The standard InChI is InChI=1S/C13H14BrNS/c1-9-7-10(8-16-9)13(2,15)11-5-3-4-6-12(11)14/h3-8H,15H2,1-2H3. The Balaban J connectivity index is 2.50. The lowest BCUT2D eigenvalue weighted by Crippen LogP contribution is -2.34. The molecule has 2 N–H and O–H groups in total. The third kappa shape index (κ3) is 2.08. The molecule has 84 valence electrons. The van der Waals surface area contributed by atoms with Gasteiger partial charge >= 0.3 is 0 Å². The minimum Gasteiger partial charge on any atom is -0.318 e. The van der Waals surface area contributed by atoms with Crippen LogP contribution in [0, 0.1) is 6.92 Å². The van der Waals surface area contributed by atoms with Crippen molar-refractivity contribution >= 4 is 27.3 Å². The summed E-state index contributed by atoms with van der Waals surface area (Å²) in [5, 5.41) is 2.13. The smallest absolute Gasteiger partial charge is 0.0656 e. The van der Waals surface area contributed by atoms with E-state index in [4.69, 9.17) is 5.73 Å². The first-order chi connectivity index (χ1) is 7.51. The zero-order valence-electron chi connectivity index (χ0n) is 9.33. The van der Waals surface area contributed by atoms with Crippen molar-refractivity contribution < 1.29 is 0 Å². The fourth-order valence-corrected chi connectivity index (χ4v) is 3.27. The summed E-state index contributed by atoms with van der Waals surface area (Å²) in [5.41, 5.74) is 8.30. The van der Waals surface area contributed by atoms with Gasteiger partial charge < -0.3 is 5.73 Å². The minimum absolute atomic E-state index is 0.440. The minimum atomic E-state index is -0.440. The molecule has 1 aromatic heterocycles. The molecule has 0 bridgehead atoms. The summed E-state index contributed by atoms with van der Waals surface area (Å²) >= 11 is 5.30. The van der Waals surface area contributed by atoms with Gasteiger partial charge in [-0.3, -0.25) is 0 Å². The first-order valence-corrected chi connectivity index (χ1v) is 6.78. The van der Waals surface area contributed by atoms with Crippen molar-refractivity contribution in [1.82, 2.24) is 0 Å². The van der Waals surface area contributed by atoms with Crippen LogP contribution in [0.3, 0.4) is 0 Å². The summed E-state index contributed by atoms with van der Waals surface area (Å²) in [6, 6.07) is 10.3. The van der Waals surface area contributed by atoms with Gasteiger partial charge in [-0.05, 0) is 42.5 Å². The van der Waals surface area contributed by atoms with Crippen LogP contribution in [0.5, 0.6) is 0 Å². The van der Waals surface area contributed by atoms with Gasteiger partial charge in [0.2, 0.25) is 0 Å². The van der Waals surface area contributed by atoms with E-state index in [1.807, 2.05) is 18.2 Å². The van der Waals surface area contributed by atoms with Crippen LogP contribution in [0.2, 0.25) is 0 Å². The molecule has 0 spiro atoms. The van der Waals surface area contributed by atoms with E-state index >= 15 is 0 Å². The lowest BCUT2D eigenvalue weighted by Gasteiger charge is -2.25. The van der Waals surface area contributed by atoms with E-state index in [0.717, 1.165) is 10.0 Å². The van der Waals surface area contributed by atoms with Gasteiger partial charge in [0.1, 0.15) is 0 Å². The average molecular weight is 296 g/mol. The topological polar surface area (TPSA) is 26.0 Å². The van der Waals surface area contributed by atoms with E-state index in [0.29, 0.717) is 0 Å². The molecule has 0 saturated heterocycles. The average Bonchev–Trinajstić information content (AvgIpc) is 2.66. The Kier molecular flexibility index (Phi) is 3.19. The Morgan fingerprint density at radius 2 is 2.00 bits per heavy atom. The predicted molar refractivity (Wildman–Crippen MR) is 73.8 cm³/mol. The van der Waals surface area contributed by atoms with Gasteiger partial charge in [-0.15, -0.1) is 11.3 Å². The molecule has 0 aliphatic rings. The van der Waals surface area contributed by atoms with Crippen molar-refractivity contribution in [3.05, 3.63) is 56.2 Å². The Hall–Kier alpha value is -0.640. The fraction of sp³-hybridized carbons (Fsp3) is 0.231. The Morgan fingerprint density at radius 3 is 2.56 bits per heavy atom. The number of thiophene rings is 1. The van der Waals surface area contributed by atoms with Gasteiger partial charge in [0.05, 0.1) is 5.54 Å². The van der Waals surface area contributed by atoms with E-state index in [1.54, 1.807) is 11.3 Å². The molecule has 1 aromatic carbocycles. The molecule has 0 fully saturated rings. The zero-order valence-corrected chi connectivity index (χ0v) is 11.7. The van der Waals surface area contributed by atoms with Gasteiger partial charge in [0.25, 0.3) is 0 Å². The van der Waals surface area contributed by atoms with Crippen LogP contribution in [0.4, 0.5) is 0 Å². The largest absolute Gasteiger partial charge is 0.318 e. The summed E-state index contributed by atoms with van der Waals surface area (Å²) in [7, 11) is 0. The Labute approximate surface area is 108 Å². The zero-order chi connectivity index (χ0) is 11.8. The summed E-state index contributed by atoms with van der Waals surface area (Å²) in [6.07, 6.45) is 0. The molecule has 1 atom stereocenters. The van der Waals surface area contributed by atoms with Crippen LogP contribution in [0.25, 0.3) is 0 Å². The maximum absolute atomic E-state index is 6.45. The molecule has 0 saturated carbocycles. The van der Waals surface area contributed by atoms with Crippen molar-refractivity contribution in [2.75, 3.05) is 0 Å². The van der Waals surface area contributed by atoms with E-state index in [-0.39, 0.29) is 0 Å². The second-order valence-electron chi connectivity index (χ2n) is 4.13. The molecule has 1 heterocycles. The highest BCUT2D eigenvalue weighted by atomic mass is 79.9. The number of halogens is 1.